The van der Waals surface area contributed by atoms with E-state index in [9.17, 15) is 9.18 Å². The fourth-order valence-corrected chi connectivity index (χ4v) is 1.95. The number of nitrogens with one attached hydrogen (secondary N) is 1. The summed E-state index contributed by atoms with van der Waals surface area (Å²) in [6.45, 7) is 0. The van der Waals surface area contributed by atoms with E-state index < -0.39 is 11.7 Å². The summed E-state index contributed by atoms with van der Waals surface area (Å²) in [7, 11) is 0. The Morgan fingerprint density at radius 3 is 2.77 bits per heavy atom. The van der Waals surface area contributed by atoms with Gasteiger partial charge in [-0.3, -0.25) is 4.79 Å². The molecule has 22 heavy (non-hydrogen) atoms. The lowest BCUT2D eigenvalue weighted by Gasteiger charge is -2.07. The van der Waals surface area contributed by atoms with E-state index >= 15 is 0 Å². The van der Waals surface area contributed by atoms with Crippen molar-refractivity contribution in [3.05, 3.63) is 65.6 Å². The number of nitrogens with zero attached hydrogens (tertiary/aromatic N) is 4. The number of carbonyl (C=O) groups excluding carboxylic acids is 1. The van der Waals surface area contributed by atoms with Crippen LogP contribution in [0.4, 0.5) is 10.1 Å². The molecule has 0 saturated carbocycles. The second-order valence-corrected chi connectivity index (χ2v) is 4.76. The first-order chi connectivity index (χ1) is 10.6. The van der Waals surface area contributed by atoms with Crippen LogP contribution < -0.4 is 5.32 Å². The molecule has 0 aliphatic heterocycles. The minimum Gasteiger partial charge on any atom is -0.320 e. The van der Waals surface area contributed by atoms with Crippen LogP contribution in [-0.2, 0) is 0 Å². The predicted molar refractivity (Wildman–Crippen MR) is 78.5 cm³/mol. The van der Waals surface area contributed by atoms with Crippen LogP contribution in [0.15, 0.2) is 49.2 Å². The number of anilines is 1. The van der Waals surface area contributed by atoms with E-state index in [-0.39, 0.29) is 10.6 Å². The number of pyridine rings is 1. The van der Waals surface area contributed by atoms with E-state index in [2.05, 4.69) is 20.4 Å². The van der Waals surface area contributed by atoms with Crippen LogP contribution in [0.25, 0.3) is 5.82 Å². The Bertz CT molecular complexity index is 805. The Kier molecular flexibility index (Phi) is 3.80. The quantitative estimate of drug-likeness (QED) is 0.806. The van der Waals surface area contributed by atoms with Crippen molar-refractivity contribution in [1.29, 1.82) is 0 Å². The van der Waals surface area contributed by atoms with Gasteiger partial charge in [0.25, 0.3) is 5.91 Å². The normalized spacial score (nSPS) is 10.5. The molecule has 8 heteroatoms. The largest absolute Gasteiger partial charge is 0.320 e. The number of amides is 1. The second kappa shape index (κ2) is 5.90. The second-order valence-electron chi connectivity index (χ2n) is 4.32. The van der Waals surface area contributed by atoms with Crippen LogP contribution in [0, 0.1) is 5.82 Å². The van der Waals surface area contributed by atoms with Crippen molar-refractivity contribution in [2.24, 2.45) is 0 Å². The minimum atomic E-state index is -0.683. The molecular weight excluding hydrogens is 309 g/mol. The molecule has 0 spiro atoms. The molecule has 3 aromatic rings. The highest BCUT2D eigenvalue weighted by atomic mass is 35.5. The smallest absolute Gasteiger partial charge is 0.258 e. The third kappa shape index (κ3) is 2.94. The summed E-state index contributed by atoms with van der Waals surface area (Å²) in [5, 5.41) is 6.73. The Hall–Kier alpha value is -2.80. The number of carbonyl (C=O) groups is 1. The summed E-state index contributed by atoms with van der Waals surface area (Å²) in [6, 6.07) is 7.15. The lowest BCUT2D eigenvalue weighted by molar-refractivity contribution is 0.102. The van der Waals surface area contributed by atoms with Gasteiger partial charge in [0, 0.05) is 5.02 Å². The van der Waals surface area contributed by atoms with Crippen LogP contribution in [0.1, 0.15) is 10.4 Å². The summed E-state index contributed by atoms with van der Waals surface area (Å²) in [6.07, 6.45) is 4.34. The highest BCUT2D eigenvalue weighted by molar-refractivity contribution is 6.30. The van der Waals surface area contributed by atoms with Gasteiger partial charge in [-0.05, 0) is 30.3 Å². The van der Waals surface area contributed by atoms with Gasteiger partial charge in [0.15, 0.2) is 5.82 Å². The highest BCUT2D eigenvalue weighted by Gasteiger charge is 2.12. The van der Waals surface area contributed by atoms with E-state index in [1.807, 2.05) is 0 Å². The van der Waals surface area contributed by atoms with Crippen molar-refractivity contribution >= 4 is 23.2 Å². The Morgan fingerprint density at radius 2 is 2.14 bits per heavy atom. The van der Waals surface area contributed by atoms with Crippen molar-refractivity contribution < 1.29 is 9.18 Å². The number of aromatic nitrogens is 4. The maximum absolute atomic E-state index is 13.7. The van der Waals surface area contributed by atoms with E-state index in [0.717, 1.165) is 6.07 Å². The zero-order chi connectivity index (χ0) is 15.5. The van der Waals surface area contributed by atoms with E-state index in [1.54, 1.807) is 12.1 Å². The lowest BCUT2D eigenvalue weighted by atomic mass is 10.2. The van der Waals surface area contributed by atoms with Crippen LogP contribution >= 0.6 is 11.6 Å². The van der Waals surface area contributed by atoms with Crippen molar-refractivity contribution in [1.82, 2.24) is 19.7 Å². The maximum atomic E-state index is 13.7. The molecule has 0 aliphatic rings. The first kappa shape index (κ1) is 14.2. The first-order valence-corrected chi connectivity index (χ1v) is 6.59. The Morgan fingerprint density at radius 1 is 1.27 bits per heavy atom. The first-order valence-electron chi connectivity index (χ1n) is 6.21. The fourth-order valence-electron chi connectivity index (χ4n) is 1.79. The molecule has 110 valence electrons. The van der Waals surface area contributed by atoms with Gasteiger partial charge < -0.3 is 5.32 Å². The fraction of sp³-hybridized carbons (Fsp3) is 0. The van der Waals surface area contributed by atoms with Crippen LogP contribution in [-0.4, -0.2) is 25.7 Å². The molecule has 0 unspecified atom stereocenters. The predicted octanol–water partition coefficient (Wildman–Crippen LogP) is 2.71. The maximum Gasteiger partial charge on any atom is 0.258 e. The molecule has 2 aromatic heterocycles. The van der Waals surface area contributed by atoms with Crippen LogP contribution in [0.5, 0.6) is 0 Å². The topological polar surface area (TPSA) is 72.7 Å². The summed E-state index contributed by atoms with van der Waals surface area (Å²) in [5.74, 6) is -0.713. The molecule has 0 saturated heterocycles. The average Bonchev–Trinajstić information content (AvgIpc) is 3.02. The molecular formula is C14H9ClFN5O. The molecule has 0 fully saturated rings. The molecule has 2 heterocycles. The molecule has 0 aliphatic carbocycles. The Labute approximate surface area is 129 Å². The molecule has 1 aromatic carbocycles. The average molecular weight is 318 g/mol. The van der Waals surface area contributed by atoms with E-state index in [4.69, 9.17) is 11.6 Å². The number of rotatable bonds is 3. The minimum absolute atomic E-state index is 0.0928. The number of hydrogen-bond acceptors (Lipinski definition) is 4. The number of benzene rings is 1. The van der Waals surface area contributed by atoms with Crippen molar-refractivity contribution in [2.45, 2.75) is 0 Å². The van der Waals surface area contributed by atoms with Gasteiger partial charge >= 0.3 is 0 Å². The van der Waals surface area contributed by atoms with Gasteiger partial charge in [-0.15, -0.1) is 0 Å². The van der Waals surface area contributed by atoms with Crippen LogP contribution in [0.3, 0.4) is 0 Å². The summed E-state index contributed by atoms with van der Waals surface area (Å²) < 4.78 is 15.2. The highest BCUT2D eigenvalue weighted by Crippen LogP contribution is 2.16. The molecule has 0 radical (unpaired) electrons. The van der Waals surface area contributed by atoms with Gasteiger partial charge in [-0.2, -0.15) is 5.10 Å². The van der Waals surface area contributed by atoms with Gasteiger partial charge in [-0.1, -0.05) is 11.6 Å². The SMILES string of the molecule is O=C(Nc1ccc(-n2cncn2)nc1)c1ccc(Cl)cc1F. The zero-order valence-electron chi connectivity index (χ0n) is 11.1. The molecule has 1 N–H and O–H groups in total. The molecule has 3 rings (SSSR count). The molecule has 0 bridgehead atoms. The van der Waals surface area contributed by atoms with Crippen LogP contribution in [0.2, 0.25) is 5.02 Å². The van der Waals surface area contributed by atoms with Gasteiger partial charge in [0.05, 0.1) is 17.4 Å². The van der Waals surface area contributed by atoms with Gasteiger partial charge in [0.2, 0.25) is 0 Å². The van der Waals surface area contributed by atoms with Crippen molar-refractivity contribution in [3.8, 4) is 5.82 Å². The van der Waals surface area contributed by atoms with Crippen molar-refractivity contribution in [3.63, 3.8) is 0 Å². The van der Waals surface area contributed by atoms with Crippen molar-refractivity contribution in [2.75, 3.05) is 5.32 Å². The number of halogens is 2. The lowest BCUT2D eigenvalue weighted by Crippen LogP contribution is -2.14. The van der Waals surface area contributed by atoms with Gasteiger partial charge in [-0.25, -0.2) is 19.0 Å². The summed E-state index contributed by atoms with van der Waals surface area (Å²) in [4.78, 5) is 20.0. The third-order valence-electron chi connectivity index (χ3n) is 2.83. The Balaban J connectivity index is 1.77. The molecule has 0 atom stereocenters. The summed E-state index contributed by atoms with van der Waals surface area (Å²) in [5.41, 5.74) is 0.341. The monoisotopic (exact) mass is 317 g/mol. The zero-order valence-corrected chi connectivity index (χ0v) is 11.8. The molecule has 1 amide bonds. The standard InChI is InChI=1S/C14H9ClFN5O/c15-9-1-3-11(12(16)5-9)14(22)20-10-2-4-13(18-6-10)21-8-17-7-19-21/h1-8H,(H,20,22). The third-order valence-corrected chi connectivity index (χ3v) is 3.07. The van der Waals surface area contributed by atoms with E-state index in [1.165, 1.54) is 35.7 Å². The summed E-state index contributed by atoms with van der Waals surface area (Å²) >= 11 is 5.65. The number of hydrogen-bond donors (Lipinski definition) is 1. The van der Waals surface area contributed by atoms with E-state index in [0.29, 0.717) is 11.5 Å². The van der Waals surface area contributed by atoms with Gasteiger partial charge in [0.1, 0.15) is 18.5 Å². The molecule has 6 nitrogen and oxygen atoms in total.